The summed E-state index contributed by atoms with van der Waals surface area (Å²) in [6.07, 6.45) is 1.22. The molecule has 0 radical (unpaired) electrons. The number of rotatable bonds is 8. The third kappa shape index (κ3) is 5.54. The van der Waals surface area contributed by atoms with Crippen LogP contribution in [-0.4, -0.2) is 49.5 Å². The highest BCUT2D eigenvalue weighted by Crippen LogP contribution is 2.28. The Kier molecular flexibility index (Phi) is 8.14. The second-order valence-electron chi connectivity index (χ2n) is 7.10. The fraction of sp³-hybridized carbons (Fsp3) is 0.391. The Morgan fingerprint density at radius 2 is 1.77 bits per heavy atom. The number of ether oxygens (including phenoxy) is 2. The molecule has 0 unspecified atom stereocenters. The number of carbonyl (C=O) groups is 2. The normalized spacial score (nSPS) is 14.6. The molecule has 1 aliphatic heterocycles. The molecule has 2 aromatic carbocycles. The van der Waals surface area contributed by atoms with E-state index in [0.29, 0.717) is 72.7 Å². The first-order valence-corrected chi connectivity index (χ1v) is 10.8. The molecule has 0 aliphatic carbocycles. The van der Waals surface area contributed by atoms with Crippen molar-refractivity contribution in [2.75, 3.05) is 32.9 Å². The minimum atomic E-state index is -0.135. The standard InChI is InChI=1S/C23H25Cl2NO4/c1-2-29-13-14-30-21-6-4-3-5-18(21)23(28)26-11-9-16(10-12-26)22(27)17-7-8-19(24)20(25)15-17/h3-8,15-16H,2,9-14H2,1H3. The number of carbonyl (C=O) groups excluding carboxylic acids is 2. The number of piperidine rings is 1. The smallest absolute Gasteiger partial charge is 0.257 e. The second kappa shape index (κ2) is 10.8. The molecule has 0 saturated carbocycles. The van der Waals surface area contributed by atoms with E-state index in [2.05, 4.69) is 0 Å². The SMILES string of the molecule is CCOCCOc1ccccc1C(=O)N1CCC(C(=O)c2ccc(Cl)c(Cl)c2)CC1. The van der Waals surface area contributed by atoms with Crippen molar-refractivity contribution in [2.24, 2.45) is 5.92 Å². The Balaban J connectivity index is 1.60. The summed E-state index contributed by atoms with van der Waals surface area (Å²) in [7, 11) is 0. The van der Waals surface area contributed by atoms with Crippen LogP contribution < -0.4 is 4.74 Å². The van der Waals surface area contributed by atoms with Crippen LogP contribution in [0.3, 0.4) is 0 Å². The molecule has 2 aromatic rings. The highest BCUT2D eigenvalue weighted by molar-refractivity contribution is 6.42. The molecular formula is C23H25Cl2NO4. The second-order valence-corrected chi connectivity index (χ2v) is 7.92. The van der Waals surface area contributed by atoms with Crippen molar-refractivity contribution >= 4 is 34.9 Å². The minimum absolute atomic E-state index is 0.0420. The number of para-hydroxylation sites is 1. The monoisotopic (exact) mass is 449 g/mol. The van der Waals surface area contributed by atoms with Gasteiger partial charge in [-0.25, -0.2) is 0 Å². The van der Waals surface area contributed by atoms with Gasteiger partial charge in [0, 0.05) is 31.2 Å². The van der Waals surface area contributed by atoms with Crippen molar-refractivity contribution in [3.05, 3.63) is 63.6 Å². The van der Waals surface area contributed by atoms with E-state index in [1.807, 2.05) is 19.1 Å². The summed E-state index contributed by atoms with van der Waals surface area (Å²) in [4.78, 5) is 27.6. The first-order valence-electron chi connectivity index (χ1n) is 10.1. The summed E-state index contributed by atoms with van der Waals surface area (Å²) in [5.74, 6) is 0.378. The maximum absolute atomic E-state index is 13.0. The molecule has 0 atom stereocenters. The molecular weight excluding hydrogens is 425 g/mol. The van der Waals surface area contributed by atoms with Gasteiger partial charge < -0.3 is 14.4 Å². The zero-order chi connectivity index (χ0) is 21.5. The van der Waals surface area contributed by atoms with E-state index in [1.54, 1.807) is 35.2 Å². The van der Waals surface area contributed by atoms with E-state index in [-0.39, 0.29) is 17.6 Å². The van der Waals surface area contributed by atoms with Crippen molar-refractivity contribution < 1.29 is 19.1 Å². The van der Waals surface area contributed by atoms with Crippen molar-refractivity contribution in [3.63, 3.8) is 0 Å². The summed E-state index contributed by atoms with van der Waals surface area (Å²) in [6.45, 7) is 4.44. The molecule has 0 N–H and O–H groups in total. The molecule has 5 nitrogen and oxygen atoms in total. The minimum Gasteiger partial charge on any atom is -0.490 e. The van der Waals surface area contributed by atoms with Gasteiger partial charge in [-0.1, -0.05) is 35.3 Å². The van der Waals surface area contributed by atoms with Crippen LogP contribution in [0, 0.1) is 5.92 Å². The largest absolute Gasteiger partial charge is 0.490 e. The quantitative estimate of drug-likeness (QED) is 0.413. The van der Waals surface area contributed by atoms with Crippen LogP contribution in [0.1, 0.15) is 40.5 Å². The third-order valence-corrected chi connectivity index (χ3v) is 5.90. The van der Waals surface area contributed by atoms with Gasteiger partial charge in [0.1, 0.15) is 12.4 Å². The lowest BCUT2D eigenvalue weighted by molar-refractivity contribution is 0.0643. The molecule has 1 heterocycles. The molecule has 1 amide bonds. The molecule has 160 valence electrons. The van der Waals surface area contributed by atoms with Gasteiger partial charge in [-0.15, -0.1) is 0 Å². The van der Waals surface area contributed by atoms with Crippen LogP contribution in [-0.2, 0) is 4.74 Å². The highest BCUT2D eigenvalue weighted by atomic mass is 35.5. The summed E-state index contributed by atoms with van der Waals surface area (Å²) >= 11 is 12.0. The molecule has 3 rings (SSSR count). The lowest BCUT2D eigenvalue weighted by Crippen LogP contribution is -2.40. The van der Waals surface area contributed by atoms with Crippen LogP contribution in [0.5, 0.6) is 5.75 Å². The molecule has 7 heteroatoms. The summed E-state index contributed by atoms with van der Waals surface area (Å²) in [5, 5.41) is 0.798. The van der Waals surface area contributed by atoms with Gasteiger partial charge in [0.2, 0.25) is 0 Å². The lowest BCUT2D eigenvalue weighted by atomic mass is 9.88. The predicted octanol–water partition coefficient (Wildman–Crippen LogP) is 5.14. The number of amides is 1. The van der Waals surface area contributed by atoms with Crippen LogP contribution in [0.2, 0.25) is 10.0 Å². The van der Waals surface area contributed by atoms with Gasteiger partial charge in [0.25, 0.3) is 5.91 Å². The zero-order valence-corrected chi connectivity index (χ0v) is 18.4. The van der Waals surface area contributed by atoms with Gasteiger partial charge in [-0.2, -0.15) is 0 Å². The molecule has 0 aromatic heterocycles. The molecule has 1 fully saturated rings. The molecule has 1 aliphatic rings. The van der Waals surface area contributed by atoms with Gasteiger partial charge in [0.15, 0.2) is 5.78 Å². The average molecular weight is 450 g/mol. The van der Waals surface area contributed by atoms with E-state index in [9.17, 15) is 9.59 Å². The summed E-state index contributed by atoms with van der Waals surface area (Å²) in [6, 6.07) is 12.2. The molecule has 1 saturated heterocycles. The predicted molar refractivity (Wildman–Crippen MR) is 118 cm³/mol. The number of hydrogen-bond donors (Lipinski definition) is 0. The average Bonchev–Trinajstić information content (AvgIpc) is 2.78. The van der Waals surface area contributed by atoms with Gasteiger partial charge >= 0.3 is 0 Å². The molecule has 0 spiro atoms. The number of nitrogens with zero attached hydrogens (tertiary/aromatic N) is 1. The molecule has 0 bridgehead atoms. The maximum Gasteiger partial charge on any atom is 0.257 e. The Morgan fingerprint density at radius 1 is 1.03 bits per heavy atom. The first kappa shape index (κ1) is 22.6. The van der Waals surface area contributed by atoms with Crippen molar-refractivity contribution in [2.45, 2.75) is 19.8 Å². The number of benzene rings is 2. The van der Waals surface area contributed by atoms with E-state index in [1.165, 1.54) is 0 Å². The van der Waals surface area contributed by atoms with Crippen LogP contribution in [0.4, 0.5) is 0 Å². The Bertz CT molecular complexity index is 895. The number of halogens is 2. The van der Waals surface area contributed by atoms with Crippen LogP contribution in [0.15, 0.2) is 42.5 Å². The Labute approximate surface area is 186 Å². The van der Waals surface area contributed by atoms with E-state index >= 15 is 0 Å². The van der Waals surface area contributed by atoms with E-state index in [0.717, 1.165) is 0 Å². The highest BCUT2D eigenvalue weighted by Gasteiger charge is 2.29. The van der Waals surface area contributed by atoms with E-state index < -0.39 is 0 Å². The van der Waals surface area contributed by atoms with Gasteiger partial charge in [0.05, 0.1) is 22.2 Å². The van der Waals surface area contributed by atoms with Gasteiger partial charge in [-0.05, 0) is 50.1 Å². The first-order chi connectivity index (χ1) is 14.5. The van der Waals surface area contributed by atoms with Gasteiger partial charge in [-0.3, -0.25) is 9.59 Å². The topological polar surface area (TPSA) is 55.8 Å². The third-order valence-electron chi connectivity index (χ3n) is 5.16. The fourth-order valence-corrected chi connectivity index (χ4v) is 3.82. The number of likely N-dealkylation sites (tertiary alicyclic amines) is 1. The summed E-state index contributed by atoms with van der Waals surface area (Å²) < 4.78 is 11.0. The van der Waals surface area contributed by atoms with E-state index in [4.69, 9.17) is 32.7 Å². The van der Waals surface area contributed by atoms with Crippen molar-refractivity contribution in [1.82, 2.24) is 4.90 Å². The van der Waals surface area contributed by atoms with Crippen LogP contribution >= 0.6 is 23.2 Å². The van der Waals surface area contributed by atoms with Crippen LogP contribution in [0.25, 0.3) is 0 Å². The number of ketones is 1. The molecule has 30 heavy (non-hydrogen) atoms. The maximum atomic E-state index is 13.0. The number of Topliss-reactive ketones (excluding diaryl/α,β-unsaturated/α-hetero) is 1. The fourth-order valence-electron chi connectivity index (χ4n) is 3.52. The summed E-state index contributed by atoms with van der Waals surface area (Å²) in [5.41, 5.74) is 1.09. The number of hydrogen-bond acceptors (Lipinski definition) is 4. The van der Waals surface area contributed by atoms with Crippen molar-refractivity contribution in [3.8, 4) is 5.75 Å². The zero-order valence-electron chi connectivity index (χ0n) is 16.9. The Morgan fingerprint density at radius 3 is 2.47 bits per heavy atom. The van der Waals surface area contributed by atoms with Crippen molar-refractivity contribution in [1.29, 1.82) is 0 Å². The Hall–Kier alpha value is -2.08. The lowest BCUT2D eigenvalue weighted by Gasteiger charge is -2.31.